The number of hydrogen-bond acceptors (Lipinski definition) is 6. The minimum Gasteiger partial charge on any atom is -0.461 e. The van der Waals surface area contributed by atoms with E-state index in [4.69, 9.17) is 9.47 Å². The van der Waals surface area contributed by atoms with E-state index in [2.05, 4.69) is 13.2 Å². The molecule has 7 atom stereocenters. The molecule has 3 saturated heterocycles. The van der Waals surface area contributed by atoms with Crippen molar-refractivity contribution >= 4 is 34.2 Å². The van der Waals surface area contributed by atoms with Crippen LogP contribution in [0, 0.1) is 17.8 Å². The minimum absolute atomic E-state index is 0.0204. The summed E-state index contributed by atoms with van der Waals surface area (Å²) in [6, 6.07) is 12.1. The second kappa shape index (κ2) is 11.1. The number of aliphatic hydroxyl groups is 1. The Morgan fingerprint density at radius 2 is 1.93 bits per heavy atom. The lowest BCUT2D eigenvalue weighted by atomic mass is 9.66. The molecule has 0 radical (unpaired) electrons. The second-order valence-electron chi connectivity index (χ2n) is 11.8. The van der Waals surface area contributed by atoms with E-state index in [1.165, 1.54) is 11.0 Å². The lowest BCUT2D eigenvalue weighted by Gasteiger charge is -2.41. The number of ether oxygens (including phenoxy) is 2. The highest BCUT2D eigenvalue weighted by atomic mass is 16.6. The number of nitrogens with zero attached hydrogens (tertiary/aromatic N) is 2. The summed E-state index contributed by atoms with van der Waals surface area (Å²) in [6.45, 7) is 13.2. The first-order chi connectivity index (χ1) is 19.7. The molecule has 3 heterocycles. The zero-order valence-electron chi connectivity index (χ0n) is 24.1. The lowest BCUT2D eigenvalue weighted by Crippen LogP contribution is -2.60. The summed E-state index contributed by atoms with van der Waals surface area (Å²) in [5.41, 5.74) is -1.50. The molecule has 3 aliphatic rings. The van der Waals surface area contributed by atoms with E-state index in [-0.39, 0.29) is 37.5 Å². The van der Waals surface area contributed by atoms with Crippen LogP contribution in [0.2, 0.25) is 0 Å². The van der Waals surface area contributed by atoms with Crippen LogP contribution in [-0.2, 0) is 23.9 Å². The molecule has 3 fully saturated rings. The average molecular weight is 561 g/mol. The van der Waals surface area contributed by atoms with Gasteiger partial charge in [-0.1, -0.05) is 69.3 Å². The molecule has 2 aromatic rings. The van der Waals surface area contributed by atoms with E-state index in [1.807, 2.05) is 63.2 Å². The van der Waals surface area contributed by atoms with Crippen LogP contribution < -0.4 is 4.90 Å². The molecule has 8 nitrogen and oxygen atoms in total. The number of amides is 2. The first-order valence-corrected chi connectivity index (χ1v) is 14.5. The van der Waals surface area contributed by atoms with Crippen LogP contribution >= 0.6 is 0 Å². The SMILES string of the molecule is C=CCOC(=O)[C@@H]1[C@H]2C(=O)N([C@@H](CO)[C@@H](C)CC)C(C(=O)N(CC=C)c3ccc4ccccc4c3)C23CC[C@@]1(C)O3. The van der Waals surface area contributed by atoms with Gasteiger partial charge in [0.2, 0.25) is 5.91 Å². The van der Waals surface area contributed by atoms with Crippen LogP contribution in [0.15, 0.2) is 67.8 Å². The summed E-state index contributed by atoms with van der Waals surface area (Å²) in [6.07, 6.45) is 4.78. The fourth-order valence-electron chi connectivity index (χ4n) is 7.35. The summed E-state index contributed by atoms with van der Waals surface area (Å²) < 4.78 is 12.2. The highest BCUT2D eigenvalue weighted by molar-refractivity contribution is 6.05. The standard InChI is InChI=1S/C33H40N2O6/c1-6-17-34(24-14-13-22-11-9-10-12-23(22)19-24)30(38)28-33-16-15-32(5,41-33)27(31(39)40-18-7-2)26(33)29(37)35(28)25(20-36)21(4)8-3/h6-7,9-14,19,21,25-28,36H,1-2,8,15-18,20H2,3-5H3/t21-,25-,26-,27-,28?,32+,33?/m0/s1. The van der Waals surface area contributed by atoms with Crippen molar-refractivity contribution in [2.75, 3.05) is 24.7 Å². The van der Waals surface area contributed by atoms with E-state index in [0.717, 1.165) is 10.8 Å². The van der Waals surface area contributed by atoms with Gasteiger partial charge in [0.15, 0.2) is 0 Å². The topological polar surface area (TPSA) is 96.4 Å². The number of aliphatic hydroxyl groups excluding tert-OH is 1. The highest BCUT2D eigenvalue weighted by Crippen LogP contribution is 2.64. The molecule has 3 aliphatic heterocycles. The average Bonchev–Trinajstić information content (AvgIpc) is 3.55. The van der Waals surface area contributed by atoms with E-state index in [0.29, 0.717) is 24.9 Å². The zero-order valence-corrected chi connectivity index (χ0v) is 24.1. The van der Waals surface area contributed by atoms with Gasteiger partial charge < -0.3 is 24.4 Å². The number of likely N-dealkylation sites (tertiary alicyclic amines) is 1. The summed E-state index contributed by atoms with van der Waals surface area (Å²) in [4.78, 5) is 45.8. The van der Waals surface area contributed by atoms with Crippen LogP contribution in [0.25, 0.3) is 10.8 Å². The van der Waals surface area contributed by atoms with E-state index in [1.54, 1.807) is 11.0 Å². The van der Waals surface area contributed by atoms with Gasteiger partial charge in [-0.25, -0.2) is 0 Å². The Bertz CT molecular complexity index is 1370. The first-order valence-electron chi connectivity index (χ1n) is 14.5. The molecule has 2 aromatic carbocycles. The number of carbonyl (C=O) groups excluding carboxylic acids is 3. The van der Waals surface area contributed by atoms with E-state index < -0.39 is 41.1 Å². The highest BCUT2D eigenvalue weighted by Gasteiger charge is 2.79. The summed E-state index contributed by atoms with van der Waals surface area (Å²) in [7, 11) is 0. The van der Waals surface area contributed by atoms with E-state index >= 15 is 0 Å². The van der Waals surface area contributed by atoms with Gasteiger partial charge in [-0.15, -0.1) is 6.58 Å². The van der Waals surface area contributed by atoms with Gasteiger partial charge >= 0.3 is 5.97 Å². The van der Waals surface area contributed by atoms with Crippen LogP contribution in [0.5, 0.6) is 0 Å². The fourth-order valence-corrected chi connectivity index (χ4v) is 7.35. The maximum absolute atomic E-state index is 14.8. The molecule has 2 unspecified atom stereocenters. The Morgan fingerprint density at radius 1 is 1.20 bits per heavy atom. The lowest BCUT2D eigenvalue weighted by molar-refractivity contribution is -0.160. The molecule has 0 saturated carbocycles. The van der Waals surface area contributed by atoms with Crippen molar-refractivity contribution in [2.24, 2.45) is 17.8 Å². The van der Waals surface area contributed by atoms with Crippen molar-refractivity contribution < 1.29 is 29.0 Å². The van der Waals surface area contributed by atoms with Gasteiger partial charge in [0.1, 0.15) is 24.2 Å². The predicted octanol–water partition coefficient (Wildman–Crippen LogP) is 4.26. The Hall–Kier alpha value is -3.49. The van der Waals surface area contributed by atoms with Gasteiger partial charge in [-0.3, -0.25) is 14.4 Å². The number of anilines is 1. The molecule has 2 bridgehead atoms. The molecule has 0 aliphatic carbocycles. The van der Waals surface area contributed by atoms with Crippen LogP contribution in [-0.4, -0.2) is 70.8 Å². The van der Waals surface area contributed by atoms with Crippen molar-refractivity contribution in [3.63, 3.8) is 0 Å². The Morgan fingerprint density at radius 3 is 2.59 bits per heavy atom. The Kier molecular flexibility index (Phi) is 7.83. The number of carbonyl (C=O) groups is 3. The number of rotatable bonds is 11. The molecule has 0 aromatic heterocycles. The maximum atomic E-state index is 14.8. The summed E-state index contributed by atoms with van der Waals surface area (Å²) >= 11 is 0. The molecule has 1 spiro atoms. The summed E-state index contributed by atoms with van der Waals surface area (Å²) in [5, 5.41) is 12.6. The fraction of sp³-hybridized carbons (Fsp3) is 0.485. The molecule has 2 amide bonds. The third-order valence-electron chi connectivity index (χ3n) is 9.51. The Labute approximate surface area is 241 Å². The van der Waals surface area contributed by atoms with Gasteiger partial charge in [0, 0.05) is 12.2 Å². The van der Waals surface area contributed by atoms with Crippen molar-refractivity contribution in [1.29, 1.82) is 0 Å². The Balaban J connectivity index is 1.64. The van der Waals surface area contributed by atoms with Gasteiger partial charge in [-0.05, 0) is 48.6 Å². The predicted molar refractivity (Wildman–Crippen MR) is 157 cm³/mol. The molecular weight excluding hydrogens is 520 g/mol. The number of esters is 1. The van der Waals surface area contributed by atoms with Crippen LogP contribution in [0.1, 0.15) is 40.0 Å². The minimum atomic E-state index is -1.22. The summed E-state index contributed by atoms with van der Waals surface area (Å²) in [5.74, 6) is -3.05. The van der Waals surface area contributed by atoms with Crippen molar-refractivity contribution in [3.8, 4) is 0 Å². The third-order valence-corrected chi connectivity index (χ3v) is 9.51. The zero-order chi connectivity index (χ0) is 29.5. The molecule has 5 rings (SSSR count). The van der Waals surface area contributed by atoms with Crippen LogP contribution in [0.3, 0.4) is 0 Å². The molecule has 41 heavy (non-hydrogen) atoms. The number of hydrogen-bond donors (Lipinski definition) is 1. The normalized spacial score (nSPS) is 29.7. The molecule has 1 N–H and O–H groups in total. The first kappa shape index (κ1) is 29.0. The smallest absolute Gasteiger partial charge is 0.313 e. The monoisotopic (exact) mass is 560 g/mol. The van der Waals surface area contributed by atoms with Crippen molar-refractivity contribution in [2.45, 2.75) is 63.3 Å². The molecule has 218 valence electrons. The number of fused-ring (bicyclic) bond motifs is 2. The molecule has 8 heteroatoms. The van der Waals surface area contributed by atoms with Gasteiger partial charge in [0.25, 0.3) is 5.91 Å². The number of benzene rings is 2. The largest absolute Gasteiger partial charge is 0.461 e. The van der Waals surface area contributed by atoms with E-state index in [9.17, 15) is 19.5 Å². The van der Waals surface area contributed by atoms with Crippen LogP contribution in [0.4, 0.5) is 5.69 Å². The van der Waals surface area contributed by atoms with Crippen molar-refractivity contribution in [1.82, 2.24) is 4.90 Å². The van der Waals surface area contributed by atoms with Gasteiger partial charge in [0.05, 0.1) is 24.2 Å². The second-order valence-corrected chi connectivity index (χ2v) is 11.8. The quantitative estimate of drug-likeness (QED) is 0.326. The molecular formula is C33H40N2O6. The third kappa shape index (κ3) is 4.48. The maximum Gasteiger partial charge on any atom is 0.313 e. The van der Waals surface area contributed by atoms with Crippen molar-refractivity contribution in [3.05, 3.63) is 67.8 Å². The van der Waals surface area contributed by atoms with Gasteiger partial charge in [-0.2, -0.15) is 0 Å².